The van der Waals surface area contributed by atoms with Crippen molar-refractivity contribution in [1.82, 2.24) is 0 Å². The van der Waals surface area contributed by atoms with Crippen LogP contribution in [0.25, 0.3) is 12.7 Å². The van der Waals surface area contributed by atoms with E-state index in [4.69, 9.17) is 5.73 Å². The molecule has 0 saturated heterocycles. The average molecular weight is 203 g/mol. The molecule has 1 amide bonds. The van der Waals surface area contributed by atoms with Gasteiger partial charge in [-0.1, -0.05) is 24.8 Å². The quantitative estimate of drug-likeness (QED) is 0.724. The van der Waals surface area contributed by atoms with Gasteiger partial charge in [0.25, 0.3) is 5.91 Å². The summed E-state index contributed by atoms with van der Waals surface area (Å²) in [6.45, 7) is 5.66. The third-order valence-corrected chi connectivity index (χ3v) is 1.99. The lowest BCUT2D eigenvalue weighted by Crippen LogP contribution is -2.25. The molecule has 78 valence electrons. The molecule has 15 heavy (non-hydrogen) atoms. The Labute approximate surface area is 87.8 Å². The molecule has 0 aromatic heterocycles. The first-order valence-corrected chi connectivity index (χ1v) is 4.51. The van der Waals surface area contributed by atoms with Gasteiger partial charge in [0.2, 0.25) is 0 Å². The van der Waals surface area contributed by atoms with Crippen LogP contribution in [0.5, 0.6) is 5.75 Å². The first kappa shape index (κ1) is 11.0. The summed E-state index contributed by atoms with van der Waals surface area (Å²) in [7, 11) is 0. The summed E-state index contributed by atoms with van der Waals surface area (Å²) in [4.78, 5) is 10.9. The van der Waals surface area contributed by atoms with Crippen LogP contribution in [0.15, 0.2) is 24.3 Å². The fraction of sp³-hybridized carbons (Fsp3) is 0.0833. The molecule has 0 bridgehead atoms. The van der Waals surface area contributed by atoms with E-state index in [0.717, 1.165) is 5.22 Å². The lowest BCUT2D eigenvalue weighted by molar-refractivity contribution is 0.0997. The van der Waals surface area contributed by atoms with E-state index in [2.05, 4.69) is 6.58 Å². The molecule has 0 saturated carbocycles. The highest BCUT2D eigenvalue weighted by molar-refractivity contribution is 5.95. The predicted molar refractivity (Wildman–Crippen MR) is 60.7 cm³/mol. The zero-order chi connectivity index (χ0) is 11.4. The number of hydrogen-bond donors (Lipinski definition) is 2. The summed E-state index contributed by atoms with van der Waals surface area (Å²) < 4.78 is 0. The van der Waals surface area contributed by atoms with Crippen LogP contribution >= 0.6 is 0 Å². The topological polar surface area (TPSA) is 63.3 Å². The number of aromatic hydroxyl groups is 1. The van der Waals surface area contributed by atoms with E-state index in [1.54, 1.807) is 6.08 Å². The lowest BCUT2D eigenvalue weighted by Gasteiger charge is -1.99. The zero-order valence-corrected chi connectivity index (χ0v) is 8.53. The van der Waals surface area contributed by atoms with Crippen LogP contribution in [-0.4, -0.2) is 11.0 Å². The molecule has 0 radical (unpaired) electrons. The van der Waals surface area contributed by atoms with Crippen molar-refractivity contribution in [2.45, 2.75) is 6.92 Å². The van der Waals surface area contributed by atoms with Gasteiger partial charge < -0.3 is 10.8 Å². The Bertz CT molecular complexity index is 515. The van der Waals surface area contributed by atoms with Crippen LogP contribution in [0.2, 0.25) is 0 Å². The molecule has 1 aromatic carbocycles. The van der Waals surface area contributed by atoms with Crippen LogP contribution < -0.4 is 16.2 Å². The van der Waals surface area contributed by atoms with Crippen molar-refractivity contribution in [2.75, 3.05) is 0 Å². The molecule has 0 spiro atoms. The first-order chi connectivity index (χ1) is 7.06. The van der Waals surface area contributed by atoms with E-state index in [1.165, 1.54) is 12.1 Å². The second-order valence-corrected chi connectivity index (χ2v) is 3.12. The van der Waals surface area contributed by atoms with Crippen LogP contribution in [-0.2, 0) is 0 Å². The number of amides is 1. The summed E-state index contributed by atoms with van der Waals surface area (Å²) >= 11 is 0. The summed E-state index contributed by atoms with van der Waals surface area (Å²) in [5.41, 5.74) is 5.18. The van der Waals surface area contributed by atoms with Crippen molar-refractivity contribution < 1.29 is 9.90 Å². The molecule has 1 rings (SSSR count). The number of carbonyl (C=O) groups is 1. The molecular formula is C12H13NO2. The second-order valence-electron chi connectivity index (χ2n) is 3.12. The van der Waals surface area contributed by atoms with Gasteiger partial charge in [-0.3, -0.25) is 4.79 Å². The smallest absolute Gasteiger partial charge is 0.252 e. The zero-order valence-electron chi connectivity index (χ0n) is 8.53. The molecule has 0 fully saturated rings. The van der Waals surface area contributed by atoms with E-state index in [-0.39, 0.29) is 11.3 Å². The highest BCUT2D eigenvalue weighted by Crippen LogP contribution is 2.09. The van der Waals surface area contributed by atoms with E-state index in [1.807, 2.05) is 19.1 Å². The Morgan fingerprint density at radius 1 is 1.53 bits per heavy atom. The highest BCUT2D eigenvalue weighted by atomic mass is 16.3. The number of benzene rings is 1. The Hall–Kier alpha value is -2.03. The maximum atomic E-state index is 10.9. The SMILES string of the molecule is C=c1cc(C(N)=O)c(O)c/c1=C/C=C\C. The van der Waals surface area contributed by atoms with Crippen LogP contribution in [0.3, 0.4) is 0 Å². The van der Waals surface area contributed by atoms with Gasteiger partial charge in [-0.25, -0.2) is 0 Å². The van der Waals surface area contributed by atoms with Crippen molar-refractivity contribution in [3.63, 3.8) is 0 Å². The molecule has 3 N–H and O–H groups in total. The van der Waals surface area contributed by atoms with Crippen molar-refractivity contribution >= 4 is 18.6 Å². The van der Waals surface area contributed by atoms with Crippen molar-refractivity contribution in [3.05, 3.63) is 40.3 Å². The molecular weight excluding hydrogens is 190 g/mol. The molecule has 0 unspecified atom stereocenters. The maximum Gasteiger partial charge on any atom is 0.252 e. The molecule has 0 aliphatic rings. The molecule has 3 heteroatoms. The van der Waals surface area contributed by atoms with Crippen molar-refractivity contribution in [2.24, 2.45) is 5.73 Å². The van der Waals surface area contributed by atoms with Crippen LogP contribution in [0.1, 0.15) is 17.3 Å². The maximum absolute atomic E-state index is 10.9. The predicted octanol–water partition coefficient (Wildman–Crippen LogP) is 0.258. The molecule has 0 aliphatic heterocycles. The Morgan fingerprint density at radius 2 is 2.20 bits per heavy atom. The van der Waals surface area contributed by atoms with E-state index in [9.17, 15) is 9.90 Å². The minimum atomic E-state index is -0.657. The first-order valence-electron chi connectivity index (χ1n) is 4.51. The normalized spacial score (nSPS) is 12.2. The molecule has 0 heterocycles. The Kier molecular flexibility index (Phi) is 3.29. The summed E-state index contributed by atoms with van der Waals surface area (Å²) in [6, 6.07) is 2.95. The third kappa shape index (κ3) is 2.47. The van der Waals surface area contributed by atoms with Gasteiger partial charge in [0.05, 0.1) is 5.56 Å². The van der Waals surface area contributed by atoms with Crippen LogP contribution in [0, 0.1) is 0 Å². The number of primary amides is 1. The molecule has 0 atom stereocenters. The molecule has 1 aromatic rings. The minimum absolute atomic E-state index is 0.0950. The van der Waals surface area contributed by atoms with Crippen LogP contribution in [0.4, 0.5) is 0 Å². The van der Waals surface area contributed by atoms with E-state index < -0.39 is 5.91 Å². The Morgan fingerprint density at radius 3 is 2.73 bits per heavy atom. The number of nitrogens with two attached hydrogens (primary N) is 1. The number of phenols is 1. The van der Waals surface area contributed by atoms with E-state index in [0.29, 0.717) is 5.22 Å². The van der Waals surface area contributed by atoms with Gasteiger partial charge in [-0.2, -0.15) is 0 Å². The van der Waals surface area contributed by atoms with Gasteiger partial charge in [0.15, 0.2) is 0 Å². The van der Waals surface area contributed by atoms with Gasteiger partial charge in [0, 0.05) is 0 Å². The number of carbonyl (C=O) groups excluding carboxylic acids is 1. The fourth-order valence-corrected chi connectivity index (χ4v) is 1.20. The second kappa shape index (κ2) is 4.46. The number of rotatable bonds is 2. The van der Waals surface area contributed by atoms with Crippen molar-refractivity contribution in [1.29, 1.82) is 0 Å². The van der Waals surface area contributed by atoms with E-state index >= 15 is 0 Å². The fourth-order valence-electron chi connectivity index (χ4n) is 1.20. The summed E-state index contributed by atoms with van der Waals surface area (Å²) in [5.74, 6) is -0.777. The highest BCUT2D eigenvalue weighted by Gasteiger charge is 2.06. The standard InChI is InChI=1S/C12H13NO2/c1-3-4-5-9-7-11(14)10(12(13)15)6-8(9)2/h3-7,14H,2H2,1H3,(H2,13,15)/b4-3-,9-5-. The summed E-state index contributed by atoms with van der Waals surface area (Å²) in [6.07, 6.45) is 5.48. The largest absolute Gasteiger partial charge is 0.507 e. The molecule has 0 aliphatic carbocycles. The summed E-state index contributed by atoms with van der Waals surface area (Å²) in [5, 5.41) is 10.9. The average Bonchev–Trinajstić information content (AvgIpc) is 2.18. The number of allylic oxidation sites excluding steroid dienone is 2. The van der Waals surface area contributed by atoms with Gasteiger partial charge in [-0.05, 0) is 29.5 Å². The monoisotopic (exact) mass is 203 g/mol. The Balaban J connectivity index is 3.45. The third-order valence-electron chi connectivity index (χ3n) is 1.99. The lowest BCUT2D eigenvalue weighted by atomic mass is 10.1. The van der Waals surface area contributed by atoms with Gasteiger partial charge in [-0.15, -0.1) is 0 Å². The van der Waals surface area contributed by atoms with Crippen molar-refractivity contribution in [3.8, 4) is 5.75 Å². The van der Waals surface area contributed by atoms with Gasteiger partial charge in [0.1, 0.15) is 5.75 Å². The minimum Gasteiger partial charge on any atom is -0.507 e. The number of hydrogen-bond acceptors (Lipinski definition) is 2. The molecule has 3 nitrogen and oxygen atoms in total. The van der Waals surface area contributed by atoms with Gasteiger partial charge >= 0.3 is 0 Å².